The predicted octanol–water partition coefficient (Wildman–Crippen LogP) is 7.87. The standard InChI is InChI=1S/C30H23F6N5O3S/c1-18-2-11-25(44-13-12-29(31,32)33)24(14-18)41-26(42)16-45-28(41)39-27(43)38-21-7-3-19(4-8-21)23-15-40(17-37-23)22-9-5-20(6-10-22)30(34,35)36/h2-11,14-15,17H,12-13,16H2,1H3,(H,38,43). The molecule has 0 bridgehead atoms. The number of benzene rings is 3. The van der Waals surface area contributed by atoms with E-state index in [2.05, 4.69) is 15.3 Å². The molecule has 2 heterocycles. The van der Waals surface area contributed by atoms with E-state index in [1.54, 1.807) is 54.1 Å². The van der Waals surface area contributed by atoms with Crippen molar-refractivity contribution < 1.29 is 40.7 Å². The second kappa shape index (κ2) is 12.7. The van der Waals surface area contributed by atoms with Crippen LogP contribution in [0.15, 0.2) is 84.2 Å². The van der Waals surface area contributed by atoms with Crippen molar-refractivity contribution in [1.29, 1.82) is 0 Å². The Morgan fingerprint density at radius 3 is 2.40 bits per heavy atom. The van der Waals surface area contributed by atoms with Crippen LogP contribution in [-0.4, -0.2) is 45.2 Å². The molecule has 0 saturated carbocycles. The predicted molar refractivity (Wildman–Crippen MR) is 158 cm³/mol. The third-order valence-corrected chi connectivity index (χ3v) is 7.39. The highest BCUT2D eigenvalue weighted by Crippen LogP contribution is 2.36. The zero-order valence-electron chi connectivity index (χ0n) is 23.3. The molecule has 1 aliphatic heterocycles. The number of urea groups is 1. The van der Waals surface area contributed by atoms with E-state index in [1.165, 1.54) is 24.5 Å². The van der Waals surface area contributed by atoms with Crippen LogP contribution in [0, 0.1) is 6.92 Å². The van der Waals surface area contributed by atoms with E-state index in [0.29, 0.717) is 28.2 Å². The molecule has 234 valence electrons. The minimum absolute atomic E-state index is 0.0319. The van der Waals surface area contributed by atoms with Gasteiger partial charge in [0.25, 0.3) is 0 Å². The fraction of sp³-hybridized carbons (Fsp3) is 0.200. The van der Waals surface area contributed by atoms with Gasteiger partial charge in [0.15, 0.2) is 5.17 Å². The molecule has 1 N–H and O–H groups in total. The number of nitrogens with zero attached hydrogens (tertiary/aromatic N) is 4. The first kappa shape index (κ1) is 31.6. The van der Waals surface area contributed by atoms with Gasteiger partial charge in [0.2, 0.25) is 5.91 Å². The molecule has 45 heavy (non-hydrogen) atoms. The molecule has 3 aromatic carbocycles. The lowest BCUT2D eigenvalue weighted by atomic mass is 10.1. The number of carbonyl (C=O) groups excluding carboxylic acids is 2. The van der Waals surface area contributed by atoms with Crippen molar-refractivity contribution in [2.75, 3.05) is 22.6 Å². The van der Waals surface area contributed by atoms with Gasteiger partial charge in [0.1, 0.15) is 5.75 Å². The summed E-state index contributed by atoms with van der Waals surface area (Å²) in [6.07, 6.45) is -6.90. The van der Waals surface area contributed by atoms with E-state index in [9.17, 15) is 35.9 Å². The Bertz CT molecular complexity index is 1730. The third-order valence-electron chi connectivity index (χ3n) is 6.47. The molecular weight excluding hydrogens is 624 g/mol. The summed E-state index contributed by atoms with van der Waals surface area (Å²) in [4.78, 5) is 35.0. The van der Waals surface area contributed by atoms with Crippen molar-refractivity contribution in [3.63, 3.8) is 0 Å². The fourth-order valence-corrected chi connectivity index (χ4v) is 5.14. The summed E-state index contributed by atoms with van der Waals surface area (Å²) in [7, 11) is 0. The average molecular weight is 648 g/mol. The van der Waals surface area contributed by atoms with E-state index >= 15 is 0 Å². The zero-order valence-corrected chi connectivity index (χ0v) is 24.1. The Morgan fingerprint density at radius 1 is 1.02 bits per heavy atom. The first-order valence-corrected chi connectivity index (χ1v) is 14.2. The number of imidazole rings is 1. The number of anilines is 2. The number of aryl methyl sites for hydroxylation is 1. The van der Waals surface area contributed by atoms with Crippen molar-refractivity contribution in [3.05, 3.63) is 90.4 Å². The van der Waals surface area contributed by atoms with Crippen molar-refractivity contribution >= 4 is 40.2 Å². The van der Waals surface area contributed by atoms with Gasteiger partial charge in [-0.3, -0.25) is 9.69 Å². The topological polar surface area (TPSA) is 88.8 Å². The number of aliphatic imine (C=N–C) groups is 1. The second-order valence-corrected chi connectivity index (χ2v) is 10.8. The molecule has 8 nitrogen and oxygen atoms in total. The van der Waals surface area contributed by atoms with Gasteiger partial charge >= 0.3 is 18.4 Å². The van der Waals surface area contributed by atoms with Crippen molar-refractivity contribution in [2.24, 2.45) is 4.99 Å². The largest absolute Gasteiger partial charge is 0.491 e. The lowest BCUT2D eigenvalue weighted by molar-refractivity contribution is -0.139. The average Bonchev–Trinajstić information content (AvgIpc) is 3.60. The number of nitrogens with one attached hydrogen (secondary N) is 1. The maximum atomic E-state index is 12.9. The summed E-state index contributed by atoms with van der Waals surface area (Å²) < 4.78 is 83.4. The number of ether oxygens (including phenoxy) is 1. The molecular formula is C30H23F6N5O3S. The molecule has 15 heteroatoms. The van der Waals surface area contributed by atoms with Crippen LogP contribution in [0.3, 0.4) is 0 Å². The molecule has 0 aliphatic carbocycles. The van der Waals surface area contributed by atoms with Crippen LogP contribution in [-0.2, 0) is 11.0 Å². The molecule has 1 aromatic heterocycles. The number of alkyl halides is 6. The van der Waals surface area contributed by atoms with E-state index < -0.39 is 42.9 Å². The number of amides is 3. The van der Waals surface area contributed by atoms with E-state index in [1.807, 2.05) is 0 Å². The highest BCUT2D eigenvalue weighted by atomic mass is 32.2. The third kappa shape index (κ3) is 7.84. The summed E-state index contributed by atoms with van der Waals surface area (Å²) >= 11 is 1.00. The van der Waals surface area contributed by atoms with Crippen molar-refractivity contribution in [3.8, 4) is 22.7 Å². The number of hydrogen-bond donors (Lipinski definition) is 1. The number of thioether (sulfide) groups is 1. The van der Waals surface area contributed by atoms with Crippen LogP contribution in [0.5, 0.6) is 5.75 Å². The van der Waals surface area contributed by atoms with E-state index in [0.717, 1.165) is 28.8 Å². The van der Waals surface area contributed by atoms with Crippen LogP contribution in [0.25, 0.3) is 16.9 Å². The Hall–Kier alpha value is -4.79. The van der Waals surface area contributed by atoms with Gasteiger partial charge in [0, 0.05) is 23.1 Å². The highest BCUT2D eigenvalue weighted by Gasteiger charge is 2.33. The summed E-state index contributed by atoms with van der Waals surface area (Å²) in [6.45, 7) is 1.09. The first-order chi connectivity index (χ1) is 21.3. The molecule has 3 amide bonds. The summed E-state index contributed by atoms with van der Waals surface area (Å²) in [5.74, 6) is -0.404. The summed E-state index contributed by atoms with van der Waals surface area (Å²) in [6, 6.07) is 15.1. The van der Waals surface area contributed by atoms with Crippen LogP contribution >= 0.6 is 11.8 Å². The van der Waals surface area contributed by atoms with E-state index in [-0.39, 0.29) is 22.4 Å². The number of rotatable bonds is 7. The Labute approximate surface area is 256 Å². The Morgan fingerprint density at radius 2 is 1.73 bits per heavy atom. The van der Waals surface area contributed by atoms with Gasteiger partial charge < -0.3 is 14.6 Å². The molecule has 1 saturated heterocycles. The minimum Gasteiger partial charge on any atom is -0.491 e. The normalized spacial score (nSPS) is 14.7. The fourth-order valence-electron chi connectivity index (χ4n) is 4.28. The van der Waals surface area contributed by atoms with Crippen LogP contribution in [0.4, 0.5) is 42.5 Å². The number of halogens is 6. The summed E-state index contributed by atoms with van der Waals surface area (Å²) in [5, 5.41) is 2.64. The Kier molecular flexibility index (Phi) is 8.91. The molecule has 0 unspecified atom stereocenters. The van der Waals surface area contributed by atoms with Crippen LogP contribution in [0.2, 0.25) is 0 Å². The van der Waals surface area contributed by atoms with Gasteiger partial charge in [-0.05, 0) is 61.0 Å². The maximum absolute atomic E-state index is 12.9. The first-order valence-electron chi connectivity index (χ1n) is 13.2. The second-order valence-electron chi connectivity index (χ2n) is 9.82. The quantitative estimate of drug-likeness (QED) is 0.206. The lowest BCUT2D eigenvalue weighted by Gasteiger charge is -2.20. The van der Waals surface area contributed by atoms with Crippen molar-refractivity contribution in [2.45, 2.75) is 25.7 Å². The lowest BCUT2D eigenvalue weighted by Crippen LogP contribution is -2.31. The molecule has 5 rings (SSSR count). The zero-order chi connectivity index (χ0) is 32.4. The smallest absolute Gasteiger partial charge is 0.416 e. The summed E-state index contributed by atoms with van der Waals surface area (Å²) in [5.41, 5.74) is 2.22. The van der Waals surface area contributed by atoms with Crippen LogP contribution < -0.4 is 15.0 Å². The SMILES string of the molecule is Cc1ccc(OCCC(F)(F)F)c(N2C(=O)CSC2=NC(=O)Nc2ccc(-c3cn(-c4ccc(C(F)(F)F)cc4)cn3)cc2)c1. The molecule has 1 aliphatic rings. The van der Waals surface area contributed by atoms with Gasteiger partial charge in [-0.25, -0.2) is 9.78 Å². The van der Waals surface area contributed by atoms with Gasteiger partial charge in [-0.1, -0.05) is 30.0 Å². The van der Waals surface area contributed by atoms with Crippen LogP contribution in [0.1, 0.15) is 17.5 Å². The number of hydrogen-bond acceptors (Lipinski definition) is 5. The van der Waals surface area contributed by atoms with E-state index in [4.69, 9.17) is 4.74 Å². The molecule has 4 aromatic rings. The number of amidine groups is 1. The number of aromatic nitrogens is 2. The van der Waals surface area contributed by atoms with Gasteiger partial charge in [-0.15, -0.1) is 0 Å². The maximum Gasteiger partial charge on any atom is 0.416 e. The van der Waals surface area contributed by atoms with Crippen molar-refractivity contribution in [1.82, 2.24) is 9.55 Å². The van der Waals surface area contributed by atoms with Gasteiger partial charge in [-0.2, -0.15) is 31.3 Å². The Balaban J connectivity index is 1.27. The number of carbonyl (C=O) groups is 2. The molecule has 0 radical (unpaired) electrons. The highest BCUT2D eigenvalue weighted by molar-refractivity contribution is 8.15. The molecule has 0 atom stereocenters. The molecule has 0 spiro atoms. The van der Waals surface area contributed by atoms with Gasteiger partial charge in [0.05, 0.1) is 42.1 Å². The minimum atomic E-state index is -4.43. The molecule has 1 fully saturated rings. The monoisotopic (exact) mass is 647 g/mol.